The second-order valence-corrected chi connectivity index (χ2v) is 5.52. The van der Waals surface area contributed by atoms with Gasteiger partial charge in [-0.25, -0.2) is 8.78 Å². The standard InChI is InChI=1S/C14H8ClF2IO/c15-8-4-5-9(12(16)6-8)11(7-19)10-2-1-3-13(18)14(10)17/h1-7,11H. The summed E-state index contributed by atoms with van der Waals surface area (Å²) in [5.41, 5.74) is 0.267. The Morgan fingerprint density at radius 2 is 1.89 bits per heavy atom. The van der Waals surface area contributed by atoms with E-state index in [0.29, 0.717) is 9.86 Å². The van der Waals surface area contributed by atoms with Crippen molar-refractivity contribution in [1.29, 1.82) is 0 Å². The van der Waals surface area contributed by atoms with E-state index in [0.717, 1.165) is 6.07 Å². The fourth-order valence-corrected chi connectivity index (χ4v) is 2.51. The SMILES string of the molecule is O=CC(c1ccc(Cl)cc1F)c1cccc(I)c1F. The third-order valence-corrected chi connectivity index (χ3v) is 3.82. The van der Waals surface area contributed by atoms with E-state index in [2.05, 4.69) is 0 Å². The molecule has 0 aromatic heterocycles. The van der Waals surface area contributed by atoms with Crippen molar-refractivity contribution >= 4 is 40.5 Å². The fourth-order valence-electron chi connectivity index (χ4n) is 1.83. The van der Waals surface area contributed by atoms with E-state index < -0.39 is 17.6 Å². The summed E-state index contributed by atoms with van der Waals surface area (Å²) in [5.74, 6) is -2.11. The molecule has 98 valence electrons. The molecule has 2 aromatic rings. The molecule has 0 aliphatic heterocycles. The largest absolute Gasteiger partial charge is 0.302 e. The van der Waals surface area contributed by atoms with Crippen molar-refractivity contribution in [3.8, 4) is 0 Å². The molecule has 0 N–H and O–H groups in total. The number of carbonyl (C=O) groups is 1. The first-order valence-electron chi connectivity index (χ1n) is 5.38. The summed E-state index contributed by atoms with van der Waals surface area (Å²) in [5, 5.41) is 0.231. The molecular formula is C14H8ClF2IO. The van der Waals surface area contributed by atoms with Crippen LogP contribution in [0.25, 0.3) is 0 Å². The van der Waals surface area contributed by atoms with Gasteiger partial charge in [-0.2, -0.15) is 0 Å². The Morgan fingerprint density at radius 1 is 1.16 bits per heavy atom. The quantitative estimate of drug-likeness (QED) is 0.553. The normalized spacial score (nSPS) is 12.2. The fraction of sp³-hybridized carbons (Fsp3) is 0.0714. The van der Waals surface area contributed by atoms with E-state index in [1.165, 1.54) is 18.2 Å². The predicted octanol–water partition coefficient (Wildman–Crippen LogP) is 4.55. The van der Waals surface area contributed by atoms with Gasteiger partial charge in [0.05, 0.1) is 5.92 Å². The molecule has 1 nitrogen and oxygen atoms in total. The van der Waals surface area contributed by atoms with Gasteiger partial charge in [0.15, 0.2) is 0 Å². The second kappa shape index (κ2) is 5.96. The summed E-state index contributed by atoms with van der Waals surface area (Å²) in [6.45, 7) is 0. The van der Waals surface area contributed by atoms with Gasteiger partial charge in [0.1, 0.15) is 17.9 Å². The molecule has 0 saturated carbocycles. The maximum absolute atomic E-state index is 14.0. The number of benzene rings is 2. The van der Waals surface area contributed by atoms with Crippen LogP contribution >= 0.6 is 34.2 Å². The van der Waals surface area contributed by atoms with Crippen LogP contribution < -0.4 is 0 Å². The predicted molar refractivity (Wildman–Crippen MR) is 78.4 cm³/mol. The maximum atomic E-state index is 14.0. The van der Waals surface area contributed by atoms with Gasteiger partial charge in [-0.3, -0.25) is 0 Å². The highest BCUT2D eigenvalue weighted by Gasteiger charge is 2.21. The van der Waals surface area contributed by atoms with Gasteiger partial charge < -0.3 is 4.79 Å². The van der Waals surface area contributed by atoms with Gasteiger partial charge in [0.25, 0.3) is 0 Å². The zero-order chi connectivity index (χ0) is 14.0. The van der Waals surface area contributed by atoms with Crippen molar-refractivity contribution in [1.82, 2.24) is 0 Å². The smallest absolute Gasteiger partial charge is 0.140 e. The van der Waals surface area contributed by atoms with Gasteiger partial charge in [-0.15, -0.1) is 0 Å². The molecule has 0 bridgehead atoms. The van der Waals surface area contributed by atoms with Gasteiger partial charge in [0, 0.05) is 19.7 Å². The lowest BCUT2D eigenvalue weighted by molar-refractivity contribution is -0.108. The molecule has 0 fully saturated rings. The van der Waals surface area contributed by atoms with E-state index in [1.54, 1.807) is 12.1 Å². The molecule has 0 radical (unpaired) electrons. The van der Waals surface area contributed by atoms with Crippen molar-refractivity contribution in [2.45, 2.75) is 5.92 Å². The molecule has 1 unspecified atom stereocenters. The Balaban J connectivity index is 2.56. The minimum Gasteiger partial charge on any atom is -0.302 e. The van der Waals surface area contributed by atoms with E-state index in [4.69, 9.17) is 11.6 Å². The Hall–Kier alpha value is -1.01. The number of halogens is 4. The highest BCUT2D eigenvalue weighted by atomic mass is 127. The Bertz CT molecular complexity index is 631. The molecule has 0 spiro atoms. The highest BCUT2D eigenvalue weighted by molar-refractivity contribution is 14.1. The van der Waals surface area contributed by atoms with Crippen molar-refractivity contribution < 1.29 is 13.6 Å². The van der Waals surface area contributed by atoms with Gasteiger partial charge in [-0.05, 0) is 40.8 Å². The first kappa shape index (κ1) is 14.4. The van der Waals surface area contributed by atoms with Crippen molar-refractivity contribution in [2.24, 2.45) is 0 Å². The number of rotatable bonds is 3. The van der Waals surface area contributed by atoms with Crippen LogP contribution in [-0.2, 0) is 4.79 Å². The number of hydrogen-bond donors (Lipinski definition) is 0. The van der Waals surface area contributed by atoms with Crippen LogP contribution in [0.2, 0.25) is 5.02 Å². The molecule has 0 aliphatic carbocycles. The highest BCUT2D eigenvalue weighted by Crippen LogP contribution is 2.30. The number of carbonyl (C=O) groups excluding carboxylic acids is 1. The minimum atomic E-state index is -0.980. The molecule has 1 atom stereocenters. The number of hydrogen-bond acceptors (Lipinski definition) is 1. The van der Waals surface area contributed by atoms with E-state index >= 15 is 0 Å². The van der Waals surface area contributed by atoms with Crippen LogP contribution in [-0.4, -0.2) is 6.29 Å². The zero-order valence-electron chi connectivity index (χ0n) is 9.54. The van der Waals surface area contributed by atoms with Gasteiger partial charge in [0.2, 0.25) is 0 Å². The summed E-state index contributed by atoms with van der Waals surface area (Å²) < 4.78 is 28.2. The molecule has 0 saturated heterocycles. The summed E-state index contributed by atoms with van der Waals surface area (Å²) in [6, 6.07) is 8.67. The molecule has 19 heavy (non-hydrogen) atoms. The Kier molecular flexibility index (Phi) is 4.52. The lowest BCUT2D eigenvalue weighted by Gasteiger charge is -2.14. The van der Waals surface area contributed by atoms with E-state index in [1.807, 2.05) is 22.6 Å². The average Bonchev–Trinajstić information content (AvgIpc) is 2.37. The first-order chi connectivity index (χ1) is 9.04. The summed E-state index contributed by atoms with van der Waals surface area (Å²) in [7, 11) is 0. The summed E-state index contributed by atoms with van der Waals surface area (Å²) >= 11 is 7.49. The third-order valence-electron chi connectivity index (χ3n) is 2.75. The van der Waals surface area contributed by atoms with Crippen LogP contribution in [0.1, 0.15) is 17.0 Å². The van der Waals surface area contributed by atoms with Crippen LogP contribution in [0.4, 0.5) is 8.78 Å². The Labute approximate surface area is 127 Å². The average molecular weight is 393 g/mol. The minimum absolute atomic E-state index is 0.111. The first-order valence-corrected chi connectivity index (χ1v) is 6.84. The zero-order valence-corrected chi connectivity index (χ0v) is 12.5. The molecule has 2 aromatic carbocycles. The second-order valence-electron chi connectivity index (χ2n) is 3.92. The lowest BCUT2D eigenvalue weighted by atomic mass is 9.92. The molecule has 0 heterocycles. The van der Waals surface area contributed by atoms with E-state index in [9.17, 15) is 13.6 Å². The van der Waals surface area contributed by atoms with Crippen LogP contribution in [0.3, 0.4) is 0 Å². The topological polar surface area (TPSA) is 17.1 Å². The van der Waals surface area contributed by atoms with E-state index in [-0.39, 0.29) is 16.1 Å². The summed E-state index contributed by atoms with van der Waals surface area (Å²) in [6.07, 6.45) is 0.529. The van der Waals surface area contributed by atoms with Crippen LogP contribution in [0.5, 0.6) is 0 Å². The molecule has 0 aliphatic rings. The maximum Gasteiger partial charge on any atom is 0.140 e. The number of aldehydes is 1. The van der Waals surface area contributed by atoms with Gasteiger partial charge >= 0.3 is 0 Å². The van der Waals surface area contributed by atoms with Crippen molar-refractivity contribution in [3.05, 3.63) is 67.8 Å². The molecule has 0 amide bonds. The van der Waals surface area contributed by atoms with Gasteiger partial charge in [-0.1, -0.05) is 29.8 Å². The summed E-state index contributed by atoms with van der Waals surface area (Å²) in [4.78, 5) is 11.2. The Morgan fingerprint density at radius 3 is 2.53 bits per heavy atom. The van der Waals surface area contributed by atoms with Crippen LogP contribution in [0, 0.1) is 15.2 Å². The van der Waals surface area contributed by atoms with Crippen molar-refractivity contribution in [2.75, 3.05) is 0 Å². The van der Waals surface area contributed by atoms with Crippen molar-refractivity contribution in [3.63, 3.8) is 0 Å². The lowest BCUT2D eigenvalue weighted by Crippen LogP contribution is -2.08. The third kappa shape index (κ3) is 2.95. The molecule has 2 rings (SSSR count). The monoisotopic (exact) mass is 392 g/mol. The van der Waals surface area contributed by atoms with Crippen LogP contribution in [0.15, 0.2) is 36.4 Å². The molecule has 5 heteroatoms. The molecular weight excluding hydrogens is 385 g/mol.